The van der Waals surface area contributed by atoms with E-state index in [4.69, 9.17) is 16.3 Å². The number of nitrogens with zero attached hydrogens (tertiary/aromatic N) is 1. The van der Waals surface area contributed by atoms with Gasteiger partial charge in [0.1, 0.15) is 11.4 Å². The van der Waals surface area contributed by atoms with E-state index in [9.17, 15) is 5.11 Å². The Labute approximate surface area is 125 Å². The van der Waals surface area contributed by atoms with Crippen LogP contribution in [0.25, 0.3) is 0 Å². The Hall–Kier alpha value is -1.10. The van der Waals surface area contributed by atoms with Crippen LogP contribution >= 0.6 is 27.5 Å². The van der Waals surface area contributed by atoms with Gasteiger partial charge in [-0.25, -0.2) is 0 Å². The first kappa shape index (κ1) is 14.3. The molecule has 0 aliphatic rings. The number of methoxy groups -OCH3 is 1. The quantitative estimate of drug-likeness (QED) is 0.923. The summed E-state index contributed by atoms with van der Waals surface area (Å²) >= 11 is 9.54. The van der Waals surface area contributed by atoms with E-state index < -0.39 is 5.60 Å². The van der Waals surface area contributed by atoms with Gasteiger partial charge >= 0.3 is 0 Å². The molecule has 19 heavy (non-hydrogen) atoms. The topological polar surface area (TPSA) is 42.4 Å². The monoisotopic (exact) mass is 341 g/mol. The molecular weight excluding hydrogens is 330 g/mol. The third kappa shape index (κ3) is 2.91. The highest BCUT2D eigenvalue weighted by Crippen LogP contribution is 2.35. The number of halogens is 2. The molecule has 2 rings (SSSR count). The van der Waals surface area contributed by atoms with E-state index in [2.05, 4.69) is 20.9 Å². The lowest BCUT2D eigenvalue weighted by atomic mass is 9.89. The van der Waals surface area contributed by atoms with E-state index in [1.165, 1.54) is 0 Å². The van der Waals surface area contributed by atoms with Crippen molar-refractivity contribution in [2.75, 3.05) is 7.11 Å². The largest absolute Gasteiger partial charge is 0.495 e. The highest BCUT2D eigenvalue weighted by molar-refractivity contribution is 9.10. The van der Waals surface area contributed by atoms with Crippen molar-refractivity contribution in [3.8, 4) is 5.75 Å². The van der Waals surface area contributed by atoms with Crippen LogP contribution in [0.5, 0.6) is 5.75 Å². The molecule has 0 saturated heterocycles. The average Bonchev–Trinajstić information content (AvgIpc) is 2.38. The van der Waals surface area contributed by atoms with E-state index >= 15 is 0 Å². The zero-order valence-corrected chi connectivity index (χ0v) is 12.9. The van der Waals surface area contributed by atoms with Crippen LogP contribution in [-0.4, -0.2) is 17.2 Å². The van der Waals surface area contributed by atoms with Gasteiger partial charge in [0.2, 0.25) is 0 Å². The minimum absolute atomic E-state index is 0.488. The van der Waals surface area contributed by atoms with Crippen LogP contribution in [0.15, 0.2) is 41.1 Å². The van der Waals surface area contributed by atoms with Crippen LogP contribution in [-0.2, 0) is 5.60 Å². The van der Waals surface area contributed by atoms with Crippen molar-refractivity contribution in [3.63, 3.8) is 0 Å². The number of hydrogen-bond acceptors (Lipinski definition) is 3. The molecule has 1 N–H and O–H groups in total. The van der Waals surface area contributed by atoms with E-state index in [1.807, 2.05) is 6.07 Å². The van der Waals surface area contributed by atoms with Crippen molar-refractivity contribution in [1.29, 1.82) is 0 Å². The van der Waals surface area contributed by atoms with E-state index in [0.717, 1.165) is 4.47 Å². The molecule has 5 heteroatoms. The van der Waals surface area contributed by atoms with Crippen LogP contribution in [0.1, 0.15) is 18.1 Å². The summed E-state index contributed by atoms with van der Waals surface area (Å²) < 4.78 is 5.98. The normalized spacial score (nSPS) is 13.9. The van der Waals surface area contributed by atoms with Crippen molar-refractivity contribution in [3.05, 3.63) is 57.3 Å². The first-order valence-corrected chi connectivity index (χ1v) is 6.79. The Morgan fingerprint density at radius 2 is 2.05 bits per heavy atom. The summed E-state index contributed by atoms with van der Waals surface area (Å²) in [5, 5.41) is 11.2. The maximum absolute atomic E-state index is 10.8. The second kappa shape index (κ2) is 5.49. The number of benzene rings is 1. The molecule has 0 radical (unpaired) electrons. The number of aromatic nitrogens is 1. The molecule has 0 saturated carbocycles. The molecule has 0 spiro atoms. The standard InChI is InChI=1S/C14H13BrClNO2/c1-14(18,9-5-11(19-2)8-17-7-9)12-4-3-10(15)6-13(12)16/h3-8,18H,1-2H3. The average molecular weight is 343 g/mol. The molecule has 100 valence electrons. The summed E-state index contributed by atoms with van der Waals surface area (Å²) in [5.41, 5.74) is 0.00256. The van der Waals surface area contributed by atoms with Crippen molar-refractivity contribution in [2.24, 2.45) is 0 Å². The van der Waals surface area contributed by atoms with Crippen LogP contribution in [0.3, 0.4) is 0 Å². The number of hydrogen-bond donors (Lipinski definition) is 1. The summed E-state index contributed by atoms with van der Waals surface area (Å²) in [5.74, 6) is 0.589. The summed E-state index contributed by atoms with van der Waals surface area (Å²) in [6, 6.07) is 7.11. The molecule has 1 aromatic carbocycles. The molecule has 0 bridgehead atoms. The Morgan fingerprint density at radius 3 is 2.68 bits per heavy atom. The fraction of sp³-hybridized carbons (Fsp3) is 0.214. The highest BCUT2D eigenvalue weighted by Gasteiger charge is 2.28. The van der Waals surface area contributed by atoms with E-state index in [0.29, 0.717) is 21.9 Å². The van der Waals surface area contributed by atoms with Gasteiger partial charge in [0.05, 0.1) is 13.3 Å². The first-order chi connectivity index (χ1) is 8.95. The molecule has 1 heterocycles. The third-order valence-corrected chi connectivity index (χ3v) is 3.77. The number of pyridine rings is 1. The zero-order chi connectivity index (χ0) is 14.0. The van der Waals surface area contributed by atoms with Crippen LogP contribution < -0.4 is 4.74 Å². The second-order valence-corrected chi connectivity index (χ2v) is 5.63. The minimum atomic E-state index is -1.24. The molecule has 0 aliphatic heterocycles. The molecule has 1 unspecified atom stereocenters. The molecule has 3 nitrogen and oxygen atoms in total. The smallest absolute Gasteiger partial charge is 0.137 e. The van der Waals surface area contributed by atoms with E-state index in [1.54, 1.807) is 44.6 Å². The number of rotatable bonds is 3. The molecule has 0 fully saturated rings. The Balaban J connectivity index is 2.51. The minimum Gasteiger partial charge on any atom is -0.495 e. The van der Waals surface area contributed by atoms with Gasteiger partial charge < -0.3 is 9.84 Å². The zero-order valence-electron chi connectivity index (χ0n) is 10.5. The SMILES string of the molecule is COc1cncc(C(C)(O)c2ccc(Br)cc2Cl)c1. The summed E-state index contributed by atoms with van der Waals surface area (Å²) in [6.45, 7) is 1.68. The Morgan fingerprint density at radius 1 is 1.32 bits per heavy atom. The van der Waals surface area contributed by atoms with Crippen LogP contribution in [0.2, 0.25) is 5.02 Å². The fourth-order valence-electron chi connectivity index (χ4n) is 1.84. The van der Waals surface area contributed by atoms with Crippen molar-refractivity contribution >= 4 is 27.5 Å². The molecule has 2 aromatic rings. The predicted molar refractivity (Wildman–Crippen MR) is 78.6 cm³/mol. The second-order valence-electron chi connectivity index (χ2n) is 4.31. The van der Waals surface area contributed by atoms with E-state index in [-0.39, 0.29) is 0 Å². The highest BCUT2D eigenvalue weighted by atomic mass is 79.9. The summed E-state index contributed by atoms with van der Waals surface area (Å²) in [4.78, 5) is 4.06. The fourth-order valence-corrected chi connectivity index (χ4v) is 2.69. The molecule has 0 aliphatic carbocycles. The molecular formula is C14H13BrClNO2. The van der Waals surface area contributed by atoms with Crippen molar-refractivity contribution < 1.29 is 9.84 Å². The van der Waals surface area contributed by atoms with Gasteiger partial charge in [0, 0.05) is 26.8 Å². The Bertz CT molecular complexity index is 602. The molecule has 1 atom stereocenters. The van der Waals surface area contributed by atoms with Gasteiger partial charge in [0.15, 0.2) is 0 Å². The van der Waals surface area contributed by atoms with Crippen LogP contribution in [0, 0.1) is 0 Å². The number of aliphatic hydroxyl groups is 1. The van der Waals surface area contributed by atoms with Crippen molar-refractivity contribution in [1.82, 2.24) is 4.98 Å². The molecule has 0 amide bonds. The lowest BCUT2D eigenvalue weighted by Gasteiger charge is -2.25. The van der Waals surface area contributed by atoms with Crippen LogP contribution in [0.4, 0.5) is 0 Å². The van der Waals surface area contributed by atoms with Gasteiger partial charge in [-0.1, -0.05) is 33.6 Å². The Kier molecular flexibility index (Phi) is 4.13. The lowest BCUT2D eigenvalue weighted by Crippen LogP contribution is -2.23. The van der Waals surface area contributed by atoms with Crippen molar-refractivity contribution in [2.45, 2.75) is 12.5 Å². The van der Waals surface area contributed by atoms with Gasteiger partial charge in [-0.15, -0.1) is 0 Å². The summed E-state index contributed by atoms with van der Waals surface area (Å²) in [6.07, 6.45) is 3.18. The van der Waals surface area contributed by atoms with Gasteiger partial charge in [-0.2, -0.15) is 0 Å². The maximum atomic E-state index is 10.8. The first-order valence-electron chi connectivity index (χ1n) is 5.62. The maximum Gasteiger partial charge on any atom is 0.137 e. The lowest BCUT2D eigenvalue weighted by molar-refractivity contribution is 0.102. The number of ether oxygens (including phenoxy) is 1. The molecule has 1 aromatic heterocycles. The predicted octanol–water partition coefficient (Wildman–Crippen LogP) is 3.76. The van der Waals surface area contributed by atoms with Gasteiger partial charge in [0.25, 0.3) is 0 Å². The van der Waals surface area contributed by atoms with Gasteiger partial charge in [-0.05, 0) is 25.1 Å². The summed E-state index contributed by atoms with van der Waals surface area (Å²) in [7, 11) is 1.56. The van der Waals surface area contributed by atoms with Gasteiger partial charge in [-0.3, -0.25) is 4.98 Å². The third-order valence-electron chi connectivity index (χ3n) is 2.97.